The van der Waals surface area contributed by atoms with Gasteiger partial charge in [-0.1, -0.05) is 46.9 Å². The maximum absolute atomic E-state index is 12.0. The van der Waals surface area contributed by atoms with Gasteiger partial charge in [-0.05, 0) is 36.9 Å². The molecule has 0 spiro atoms. The number of benzene rings is 2. The van der Waals surface area contributed by atoms with Crippen molar-refractivity contribution in [1.82, 2.24) is 4.72 Å². The molecule has 0 aromatic heterocycles. The van der Waals surface area contributed by atoms with Gasteiger partial charge < -0.3 is 10.4 Å². The molecule has 0 fully saturated rings. The van der Waals surface area contributed by atoms with Crippen LogP contribution in [0.25, 0.3) is 6.08 Å². The second-order valence-corrected chi connectivity index (χ2v) is 8.06. The van der Waals surface area contributed by atoms with E-state index >= 15 is 0 Å². The quantitative estimate of drug-likeness (QED) is 0.377. The van der Waals surface area contributed by atoms with Gasteiger partial charge in [-0.15, -0.1) is 0 Å². The molecule has 138 valence electrons. The third-order valence-electron chi connectivity index (χ3n) is 3.28. The summed E-state index contributed by atoms with van der Waals surface area (Å²) in [5, 5.41) is 12.3. The molecule has 26 heavy (non-hydrogen) atoms. The molecule has 0 saturated heterocycles. The van der Waals surface area contributed by atoms with Crippen LogP contribution in [0.2, 0.25) is 15.1 Å². The first-order valence-electron chi connectivity index (χ1n) is 7.05. The Hall–Kier alpha value is -1.77. The van der Waals surface area contributed by atoms with E-state index in [2.05, 4.69) is 10.0 Å². The van der Waals surface area contributed by atoms with E-state index in [9.17, 15) is 18.3 Å². The van der Waals surface area contributed by atoms with Gasteiger partial charge in [-0.25, -0.2) is 13.1 Å². The Bertz CT molecular complexity index is 948. The molecule has 0 aliphatic heterocycles. The number of sulfonamides is 1. The highest BCUT2D eigenvalue weighted by atomic mass is 35.5. The molecular weight excluding hydrogens is 423 g/mol. The number of carbonyl (C=O) groups excluding carboxylic acids is 1. The van der Waals surface area contributed by atoms with Crippen LogP contribution in [0.4, 0.5) is 5.69 Å². The Labute approximate surface area is 165 Å². The SMILES string of the molecule is CNS(=O)(=O)c1ccc(C=CC(=O)Nc2c(O)c(Cl)cc(Cl)c2Cl)cc1. The first kappa shape index (κ1) is 20.5. The minimum Gasteiger partial charge on any atom is -0.504 e. The molecule has 0 atom stereocenters. The summed E-state index contributed by atoms with van der Waals surface area (Å²) in [6.45, 7) is 0. The highest BCUT2D eigenvalue weighted by molar-refractivity contribution is 7.89. The van der Waals surface area contributed by atoms with Gasteiger partial charge in [0.15, 0.2) is 5.75 Å². The number of halogens is 3. The fourth-order valence-electron chi connectivity index (χ4n) is 1.91. The van der Waals surface area contributed by atoms with E-state index in [-0.39, 0.29) is 25.7 Å². The lowest BCUT2D eigenvalue weighted by Gasteiger charge is -2.10. The first-order valence-corrected chi connectivity index (χ1v) is 9.66. The molecule has 2 rings (SSSR count). The Morgan fingerprint density at radius 2 is 1.73 bits per heavy atom. The maximum Gasteiger partial charge on any atom is 0.248 e. The molecule has 0 aliphatic carbocycles. The average molecular weight is 436 g/mol. The second kappa shape index (κ2) is 8.28. The van der Waals surface area contributed by atoms with E-state index in [0.29, 0.717) is 5.56 Å². The molecule has 0 bridgehead atoms. The van der Waals surface area contributed by atoms with Gasteiger partial charge in [0.05, 0.1) is 20.0 Å². The predicted molar refractivity (Wildman–Crippen MR) is 103 cm³/mol. The topological polar surface area (TPSA) is 95.5 Å². The minimum absolute atomic E-state index is 0.0445. The lowest BCUT2D eigenvalue weighted by Crippen LogP contribution is -2.18. The standard InChI is InChI=1S/C16H13Cl3N2O4S/c1-20-26(24,25)10-5-2-9(3-6-10)4-7-13(22)21-15-14(19)11(17)8-12(18)16(15)23/h2-8,20,23H,1H3,(H,21,22). The van der Waals surface area contributed by atoms with E-state index < -0.39 is 21.7 Å². The Balaban J connectivity index is 2.16. The highest BCUT2D eigenvalue weighted by Gasteiger charge is 2.16. The van der Waals surface area contributed by atoms with Gasteiger partial charge >= 0.3 is 0 Å². The van der Waals surface area contributed by atoms with Crippen LogP contribution >= 0.6 is 34.8 Å². The van der Waals surface area contributed by atoms with E-state index in [0.717, 1.165) is 0 Å². The number of phenolic OH excluding ortho intramolecular Hbond substituents is 1. The molecule has 2 aromatic carbocycles. The fraction of sp³-hybridized carbons (Fsp3) is 0.0625. The highest BCUT2D eigenvalue weighted by Crippen LogP contribution is 2.42. The van der Waals surface area contributed by atoms with Crippen molar-refractivity contribution < 1.29 is 18.3 Å². The fourth-order valence-corrected chi connectivity index (χ4v) is 3.30. The summed E-state index contributed by atoms with van der Waals surface area (Å²) < 4.78 is 25.5. The largest absolute Gasteiger partial charge is 0.504 e. The summed E-state index contributed by atoms with van der Waals surface area (Å²) in [7, 11) is -2.21. The van der Waals surface area contributed by atoms with E-state index in [1.54, 1.807) is 0 Å². The van der Waals surface area contributed by atoms with Gasteiger partial charge in [0.25, 0.3) is 0 Å². The number of carbonyl (C=O) groups is 1. The van der Waals surface area contributed by atoms with E-state index in [1.165, 1.54) is 49.5 Å². The molecule has 0 radical (unpaired) electrons. The number of hydrogen-bond donors (Lipinski definition) is 3. The zero-order chi connectivity index (χ0) is 19.5. The molecule has 3 N–H and O–H groups in total. The zero-order valence-corrected chi connectivity index (χ0v) is 16.3. The minimum atomic E-state index is -3.53. The number of phenols is 1. The summed E-state index contributed by atoms with van der Waals surface area (Å²) in [5.74, 6) is -0.989. The van der Waals surface area contributed by atoms with Gasteiger partial charge in [0, 0.05) is 6.08 Å². The number of aromatic hydroxyl groups is 1. The van der Waals surface area contributed by atoms with Crippen molar-refractivity contribution in [1.29, 1.82) is 0 Å². The zero-order valence-electron chi connectivity index (χ0n) is 13.3. The molecular formula is C16H13Cl3N2O4S. The van der Waals surface area contributed by atoms with Crippen LogP contribution in [-0.4, -0.2) is 26.5 Å². The third-order valence-corrected chi connectivity index (χ3v) is 5.79. The molecule has 0 heterocycles. The maximum atomic E-state index is 12.0. The van der Waals surface area contributed by atoms with Crippen LogP contribution in [0.15, 0.2) is 41.3 Å². The van der Waals surface area contributed by atoms with Crippen molar-refractivity contribution in [3.05, 3.63) is 57.0 Å². The smallest absolute Gasteiger partial charge is 0.248 e. The van der Waals surface area contributed by atoms with Crippen molar-refractivity contribution in [2.24, 2.45) is 0 Å². The molecule has 6 nitrogen and oxygen atoms in total. The molecule has 10 heteroatoms. The molecule has 0 saturated carbocycles. The van der Waals surface area contributed by atoms with Crippen molar-refractivity contribution in [3.8, 4) is 5.75 Å². The summed E-state index contributed by atoms with van der Waals surface area (Å²) >= 11 is 17.6. The summed E-state index contributed by atoms with van der Waals surface area (Å²) in [5.41, 5.74) is 0.490. The van der Waals surface area contributed by atoms with Crippen molar-refractivity contribution in [3.63, 3.8) is 0 Å². The number of anilines is 1. The van der Waals surface area contributed by atoms with Crippen LogP contribution < -0.4 is 10.0 Å². The molecule has 0 unspecified atom stereocenters. The van der Waals surface area contributed by atoms with Crippen LogP contribution in [-0.2, 0) is 14.8 Å². The number of rotatable bonds is 5. The molecule has 1 amide bonds. The summed E-state index contributed by atoms with van der Waals surface area (Å²) in [6, 6.07) is 7.14. The number of amides is 1. The van der Waals surface area contributed by atoms with Crippen LogP contribution in [0.3, 0.4) is 0 Å². The number of hydrogen-bond acceptors (Lipinski definition) is 4. The lowest BCUT2D eigenvalue weighted by atomic mass is 10.2. The van der Waals surface area contributed by atoms with Gasteiger partial charge in [-0.2, -0.15) is 0 Å². The monoisotopic (exact) mass is 434 g/mol. The van der Waals surface area contributed by atoms with Gasteiger partial charge in [-0.3, -0.25) is 4.79 Å². The number of nitrogens with one attached hydrogen (secondary N) is 2. The predicted octanol–water partition coefficient (Wildman–Crippen LogP) is 3.91. The summed E-state index contributed by atoms with van der Waals surface area (Å²) in [6.07, 6.45) is 2.65. The first-order chi connectivity index (χ1) is 12.2. The Morgan fingerprint density at radius 1 is 1.12 bits per heavy atom. The normalized spacial score (nSPS) is 11.7. The van der Waals surface area contributed by atoms with E-state index in [1.807, 2.05) is 0 Å². The van der Waals surface area contributed by atoms with Crippen molar-refractivity contribution in [2.75, 3.05) is 12.4 Å². The lowest BCUT2D eigenvalue weighted by molar-refractivity contribution is -0.111. The van der Waals surface area contributed by atoms with Crippen LogP contribution in [0.1, 0.15) is 5.56 Å². The Morgan fingerprint density at radius 3 is 2.31 bits per heavy atom. The third kappa shape index (κ3) is 4.69. The van der Waals surface area contributed by atoms with Gasteiger partial charge in [0.2, 0.25) is 15.9 Å². The average Bonchev–Trinajstić information content (AvgIpc) is 2.62. The molecule has 2 aromatic rings. The van der Waals surface area contributed by atoms with Crippen LogP contribution in [0, 0.1) is 0 Å². The van der Waals surface area contributed by atoms with Crippen LogP contribution in [0.5, 0.6) is 5.75 Å². The van der Waals surface area contributed by atoms with Crippen molar-refractivity contribution in [2.45, 2.75) is 4.90 Å². The van der Waals surface area contributed by atoms with E-state index in [4.69, 9.17) is 34.8 Å². The second-order valence-electron chi connectivity index (χ2n) is 4.98. The summed E-state index contributed by atoms with van der Waals surface area (Å²) in [4.78, 5) is 12.1. The van der Waals surface area contributed by atoms with Gasteiger partial charge in [0.1, 0.15) is 5.69 Å². The Kier molecular flexibility index (Phi) is 6.54. The molecule has 0 aliphatic rings. The van der Waals surface area contributed by atoms with Crippen molar-refractivity contribution >= 4 is 62.5 Å².